The van der Waals surface area contributed by atoms with Gasteiger partial charge in [0.25, 0.3) is 0 Å². The molecule has 0 radical (unpaired) electrons. The number of rotatable bonds is 5. The molecule has 0 spiro atoms. The van der Waals surface area contributed by atoms with Crippen LogP contribution in [0.15, 0.2) is 53.5 Å². The number of terminal acetylenes is 1. The molecule has 1 heterocycles. The lowest BCUT2D eigenvalue weighted by Gasteiger charge is -2.15. The summed E-state index contributed by atoms with van der Waals surface area (Å²) in [6, 6.07) is 15.2. The minimum Gasteiger partial charge on any atom is -0.488 e. The van der Waals surface area contributed by atoms with Gasteiger partial charge in [0.2, 0.25) is 5.91 Å². The molecule has 3 rings (SSSR count). The lowest BCUT2D eigenvalue weighted by Crippen LogP contribution is -2.44. The summed E-state index contributed by atoms with van der Waals surface area (Å²) in [6.45, 7) is 0.686. The van der Waals surface area contributed by atoms with Crippen LogP contribution >= 0.6 is 0 Å². The van der Waals surface area contributed by atoms with Crippen molar-refractivity contribution in [1.29, 1.82) is 0 Å². The number of amides is 1. The second-order valence-corrected chi connectivity index (χ2v) is 6.13. The minimum atomic E-state index is -0.184. The van der Waals surface area contributed by atoms with Crippen LogP contribution in [0.25, 0.3) is 0 Å². The predicted molar refractivity (Wildman–Crippen MR) is 107 cm³/mol. The number of carbonyl (C=O) groups is 1. The van der Waals surface area contributed by atoms with E-state index in [0.717, 1.165) is 17.7 Å². The normalized spacial score (nSPS) is 15.3. The van der Waals surface area contributed by atoms with Crippen molar-refractivity contribution < 1.29 is 9.53 Å². The Hall–Kier alpha value is -3.46. The van der Waals surface area contributed by atoms with E-state index in [1.54, 1.807) is 25.2 Å². The summed E-state index contributed by atoms with van der Waals surface area (Å²) in [5, 5.41) is 8.99. The number of aliphatic imine (C=N–C) groups is 1. The Morgan fingerprint density at radius 3 is 2.89 bits per heavy atom. The average molecular weight is 362 g/mol. The van der Waals surface area contributed by atoms with Gasteiger partial charge in [-0.05, 0) is 29.8 Å². The molecule has 1 unspecified atom stereocenters. The number of hydrogen-bond acceptors (Lipinski definition) is 3. The molecule has 0 aromatic heterocycles. The molecule has 0 fully saturated rings. The molecule has 2 aromatic carbocycles. The van der Waals surface area contributed by atoms with E-state index in [1.807, 2.05) is 24.3 Å². The molecule has 6 nitrogen and oxygen atoms in total. The fourth-order valence-electron chi connectivity index (χ4n) is 2.85. The maximum atomic E-state index is 12.1. The van der Waals surface area contributed by atoms with Gasteiger partial charge in [-0.25, -0.2) is 0 Å². The number of anilines is 1. The van der Waals surface area contributed by atoms with Gasteiger partial charge < -0.3 is 20.7 Å². The molecule has 0 aliphatic carbocycles. The number of para-hydroxylation sites is 1. The third-order valence-corrected chi connectivity index (χ3v) is 4.16. The fraction of sp³-hybridized carbons (Fsp3) is 0.238. The lowest BCUT2D eigenvalue weighted by molar-refractivity contribution is -0.115. The zero-order valence-electron chi connectivity index (χ0n) is 15.2. The van der Waals surface area contributed by atoms with Crippen LogP contribution in [-0.2, 0) is 11.2 Å². The Kier molecular flexibility index (Phi) is 5.95. The Balaban J connectivity index is 1.43. The molecule has 1 aliphatic heterocycles. The van der Waals surface area contributed by atoms with E-state index < -0.39 is 0 Å². The van der Waals surface area contributed by atoms with Gasteiger partial charge in [-0.15, -0.1) is 6.42 Å². The van der Waals surface area contributed by atoms with E-state index in [1.165, 1.54) is 5.56 Å². The quantitative estimate of drug-likeness (QED) is 0.431. The van der Waals surface area contributed by atoms with Crippen molar-refractivity contribution in [2.45, 2.75) is 12.5 Å². The molecular weight excluding hydrogens is 340 g/mol. The van der Waals surface area contributed by atoms with Gasteiger partial charge in [-0.1, -0.05) is 30.2 Å². The van der Waals surface area contributed by atoms with Crippen LogP contribution in [0, 0.1) is 12.3 Å². The zero-order chi connectivity index (χ0) is 19.1. The number of ether oxygens (including phenoxy) is 1. The molecule has 0 saturated carbocycles. The number of carbonyl (C=O) groups excluding carboxylic acids is 1. The SMILES string of the molecule is C#Cc1cccc(NC(=O)CNC(=NC)NCC2Cc3ccccc3O2)c1. The van der Waals surface area contributed by atoms with Gasteiger partial charge in [-0.3, -0.25) is 9.79 Å². The first-order chi connectivity index (χ1) is 13.2. The largest absolute Gasteiger partial charge is 0.488 e. The number of nitrogens with zero attached hydrogens (tertiary/aromatic N) is 1. The molecule has 2 aromatic rings. The van der Waals surface area contributed by atoms with E-state index in [0.29, 0.717) is 18.2 Å². The van der Waals surface area contributed by atoms with Crippen LogP contribution in [0.2, 0.25) is 0 Å². The number of hydrogen-bond donors (Lipinski definition) is 3. The third-order valence-electron chi connectivity index (χ3n) is 4.16. The molecule has 1 amide bonds. The van der Waals surface area contributed by atoms with Crippen molar-refractivity contribution in [3.8, 4) is 18.1 Å². The summed E-state index contributed by atoms with van der Waals surface area (Å²) in [5.41, 5.74) is 2.59. The molecule has 0 saturated heterocycles. The molecule has 27 heavy (non-hydrogen) atoms. The van der Waals surface area contributed by atoms with Crippen molar-refractivity contribution in [1.82, 2.24) is 10.6 Å². The van der Waals surface area contributed by atoms with Gasteiger partial charge in [-0.2, -0.15) is 0 Å². The maximum absolute atomic E-state index is 12.1. The molecular formula is C21H22N4O2. The standard InChI is InChI=1S/C21H22N4O2/c1-3-15-7-6-9-17(11-15)25-20(26)14-24-21(22-2)23-13-18-12-16-8-4-5-10-19(16)27-18/h1,4-11,18H,12-14H2,2H3,(H,25,26)(H2,22,23,24). The van der Waals surface area contributed by atoms with Crippen LogP contribution in [0.1, 0.15) is 11.1 Å². The summed E-state index contributed by atoms with van der Waals surface area (Å²) >= 11 is 0. The van der Waals surface area contributed by atoms with Crippen LogP contribution in [0.3, 0.4) is 0 Å². The highest BCUT2D eigenvalue weighted by Gasteiger charge is 2.22. The van der Waals surface area contributed by atoms with Gasteiger partial charge in [0, 0.05) is 24.7 Å². The highest BCUT2D eigenvalue weighted by atomic mass is 16.5. The highest BCUT2D eigenvalue weighted by molar-refractivity contribution is 5.95. The maximum Gasteiger partial charge on any atom is 0.243 e. The summed E-state index contributed by atoms with van der Waals surface area (Å²) in [6.07, 6.45) is 6.27. The Morgan fingerprint density at radius 2 is 2.11 bits per heavy atom. The molecule has 6 heteroatoms. The van der Waals surface area contributed by atoms with E-state index >= 15 is 0 Å². The summed E-state index contributed by atoms with van der Waals surface area (Å²) in [4.78, 5) is 16.2. The van der Waals surface area contributed by atoms with E-state index in [4.69, 9.17) is 11.2 Å². The molecule has 138 valence electrons. The van der Waals surface area contributed by atoms with Crippen molar-refractivity contribution in [2.75, 3.05) is 25.5 Å². The van der Waals surface area contributed by atoms with Crippen LogP contribution in [0.5, 0.6) is 5.75 Å². The Morgan fingerprint density at radius 1 is 1.26 bits per heavy atom. The summed E-state index contributed by atoms with van der Waals surface area (Å²) in [7, 11) is 1.66. The summed E-state index contributed by atoms with van der Waals surface area (Å²) in [5.74, 6) is 3.83. The lowest BCUT2D eigenvalue weighted by atomic mass is 10.1. The average Bonchev–Trinajstić information content (AvgIpc) is 3.11. The number of benzene rings is 2. The first-order valence-electron chi connectivity index (χ1n) is 8.73. The minimum absolute atomic E-state index is 0.0429. The van der Waals surface area contributed by atoms with Crippen molar-refractivity contribution in [3.05, 3.63) is 59.7 Å². The molecule has 1 aliphatic rings. The molecule has 0 bridgehead atoms. The van der Waals surface area contributed by atoms with E-state index in [9.17, 15) is 4.79 Å². The molecule has 3 N–H and O–H groups in total. The number of fused-ring (bicyclic) bond motifs is 1. The van der Waals surface area contributed by atoms with Crippen LogP contribution in [0.4, 0.5) is 5.69 Å². The van der Waals surface area contributed by atoms with Crippen molar-refractivity contribution in [2.24, 2.45) is 4.99 Å². The molecule has 1 atom stereocenters. The topological polar surface area (TPSA) is 74.8 Å². The Labute approximate surface area is 159 Å². The van der Waals surface area contributed by atoms with E-state index in [-0.39, 0.29) is 18.6 Å². The third kappa shape index (κ3) is 5.02. The smallest absolute Gasteiger partial charge is 0.243 e. The van der Waals surface area contributed by atoms with E-state index in [2.05, 4.69) is 32.9 Å². The number of nitrogens with one attached hydrogen (secondary N) is 3. The first-order valence-corrected chi connectivity index (χ1v) is 8.73. The second-order valence-electron chi connectivity index (χ2n) is 6.13. The Bertz CT molecular complexity index is 861. The van der Waals surface area contributed by atoms with Crippen LogP contribution < -0.4 is 20.7 Å². The highest BCUT2D eigenvalue weighted by Crippen LogP contribution is 2.27. The van der Waals surface area contributed by atoms with Gasteiger partial charge in [0.15, 0.2) is 5.96 Å². The summed E-state index contributed by atoms with van der Waals surface area (Å²) < 4.78 is 5.89. The fourth-order valence-corrected chi connectivity index (χ4v) is 2.85. The number of guanidine groups is 1. The van der Waals surface area contributed by atoms with Gasteiger partial charge >= 0.3 is 0 Å². The monoisotopic (exact) mass is 362 g/mol. The van der Waals surface area contributed by atoms with Crippen molar-refractivity contribution in [3.63, 3.8) is 0 Å². The first kappa shape index (κ1) is 18.3. The second kappa shape index (κ2) is 8.77. The van der Waals surface area contributed by atoms with Crippen LogP contribution in [-0.4, -0.2) is 38.1 Å². The van der Waals surface area contributed by atoms with Gasteiger partial charge in [0.05, 0.1) is 13.1 Å². The van der Waals surface area contributed by atoms with Gasteiger partial charge in [0.1, 0.15) is 11.9 Å². The predicted octanol–water partition coefficient (Wildman–Crippen LogP) is 1.78. The van der Waals surface area contributed by atoms with Crippen molar-refractivity contribution >= 4 is 17.6 Å². The zero-order valence-corrected chi connectivity index (χ0v) is 15.2.